The molecule has 0 saturated heterocycles. The fourth-order valence-corrected chi connectivity index (χ4v) is 2.68. The van der Waals surface area contributed by atoms with E-state index in [-0.39, 0.29) is 0 Å². The fourth-order valence-electron chi connectivity index (χ4n) is 1.87. The van der Waals surface area contributed by atoms with E-state index in [1.807, 2.05) is 0 Å². The van der Waals surface area contributed by atoms with Crippen LogP contribution in [0, 0.1) is 0 Å². The van der Waals surface area contributed by atoms with Crippen LogP contribution in [0.25, 0.3) is 0 Å². The maximum Gasteiger partial charge on any atom is 0.0941 e. The molecule has 0 aliphatic heterocycles. The van der Waals surface area contributed by atoms with Gasteiger partial charge in [0.15, 0.2) is 0 Å². The standard InChI is InChI=1S/C11H19N3S/c1-14(10-3-2-4-10)7-9-8-15-11(13-9)5-6-12/h8,10H,2-7,12H2,1H3. The summed E-state index contributed by atoms with van der Waals surface area (Å²) in [5.74, 6) is 0. The van der Waals surface area contributed by atoms with Gasteiger partial charge in [-0.1, -0.05) is 6.42 Å². The van der Waals surface area contributed by atoms with Gasteiger partial charge in [0.25, 0.3) is 0 Å². The predicted octanol–water partition coefficient (Wildman–Crippen LogP) is 1.63. The lowest BCUT2D eigenvalue weighted by atomic mass is 9.92. The van der Waals surface area contributed by atoms with E-state index in [0.29, 0.717) is 6.54 Å². The average Bonchev–Trinajstić information content (AvgIpc) is 2.49. The first-order chi connectivity index (χ1) is 7.29. The molecule has 3 nitrogen and oxygen atoms in total. The van der Waals surface area contributed by atoms with E-state index in [4.69, 9.17) is 5.73 Å². The van der Waals surface area contributed by atoms with Crippen molar-refractivity contribution in [2.75, 3.05) is 13.6 Å². The molecule has 0 atom stereocenters. The molecule has 0 radical (unpaired) electrons. The second-order valence-corrected chi connectivity index (χ2v) is 5.21. The van der Waals surface area contributed by atoms with Crippen molar-refractivity contribution in [1.82, 2.24) is 9.88 Å². The van der Waals surface area contributed by atoms with Crippen molar-refractivity contribution in [3.63, 3.8) is 0 Å². The minimum Gasteiger partial charge on any atom is -0.330 e. The Labute approximate surface area is 95.3 Å². The van der Waals surface area contributed by atoms with Crippen molar-refractivity contribution < 1.29 is 0 Å². The highest BCUT2D eigenvalue weighted by molar-refractivity contribution is 7.09. The van der Waals surface area contributed by atoms with Crippen LogP contribution in [0.5, 0.6) is 0 Å². The molecule has 1 aliphatic carbocycles. The molecule has 0 aromatic carbocycles. The van der Waals surface area contributed by atoms with E-state index in [1.165, 1.54) is 30.0 Å². The Bertz CT molecular complexity index is 307. The van der Waals surface area contributed by atoms with Crippen LogP contribution < -0.4 is 5.73 Å². The largest absolute Gasteiger partial charge is 0.330 e. The first-order valence-corrected chi connectivity index (χ1v) is 6.51. The molecule has 4 heteroatoms. The Morgan fingerprint density at radius 1 is 1.60 bits per heavy atom. The number of aromatic nitrogens is 1. The van der Waals surface area contributed by atoms with Crippen LogP contribution in [0.1, 0.15) is 30.0 Å². The molecule has 1 aromatic rings. The predicted molar refractivity (Wildman–Crippen MR) is 64.0 cm³/mol. The lowest BCUT2D eigenvalue weighted by Crippen LogP contribution is -2.36. The van der Waals surface area contributed by atoms with Gasteiger partial charge in [-0.3, -0.25) is 4.90 Å². The van der Waals surface area contributed by atoms with E-state index in [1.54, 1.807) is 11.3 Å². The maximum atomic E-state index is 5.51. The molecular formula is C11H19N3S. The van der Waals surface area contributed by atoms with Gasteiger partial charge in [-0.25, -0.2) is 4.98 Å². The van der Waals surface area contributed by atoms with Gasteiger partial charge in [0.1, 0.15) is 0 Å². The summed E-state index contributed by atoms with van der Waals surface area (Å²) in [4.78, 5) is 7.00. The summed E-state index contributed by atoms with van der Waals surface area (Å²) >= 11 is 1.74. The molecule has 0 bridgehead atoms. The molecule has 1 aliphatic rings. The van der Waals surface area contributed by atoms with Crippen molar-refractivity contribution in [3.05, 3.63) is 16.1 Å². The summed E-state index contributed by atoms with van der Waals surface area (Å²) in [6.45, 7) is 1.69. The molecule has 1 fully saturated rings. The van der Waals surface area contributed by atoms with Gasteiger partial charge in [-0.15, -0.1) is 11.3 Å². The van der Waals surface area contributed by atoms with E-state index in [9.17, 15) is 0 Å². The topological polar surface area (TPSA) is 42.1 Å². The SMILES string of the molecule is CN(Cc1csc(CCN)n1)C1CCC1. The second-order valence-electron chi connectivity index (χ2n) is 4.27. The Morgan fingerprint density at radius 2 is 2.40 bits per heavy atom. The molecule has 1 aromatic heterocycles. The Kier molecular flexibility index (Phi) is 3.72. The zero-order valence-electron chi connectivity index (χ0n) is 9.28. The molecule has 15 heavy (non-hydrogen) atoms. The van der Waals surface area contributed by atoms with Crippen LogP contribution in [0.15, 0.2) is 5.38 Å². The van der Waals surface area contributed by atoms with Crippen LogP contribution in [0.3, 0.4) is 0 Å². The van der Waals surface area contributed by atoms with Crippen molar-refractivity contribution in [3.8, 4) is 0 Å². The molecular weight excluding hydrogens is 206 g/mol. The van der Waals surface area contributed by atoms with Crippen molar-refractivity contribution >= 4 is 11.3 Å². The summed E-state index contributed by atoms with van der Waals surface area (Å²) in [5.41, 5.74) is 6.71. The van der Waals surface area contributed by atoms with Crippen LogP contribution in [-0.2, 0) is 13.0 Å². The molecule has 0 spiro atoms. The number of hydrogen-bond acceptors (Lipinski definition) is 4. The average molecular weight is 225 g/mol. The second kappa shape index (κ2) is 5.05. The molecule has 2 N–H and O–H groups in total. The number of nitrogens with two attached hydrogens (primary N) is 1. The summed E-state index contributed by atoms with van der Waals surface area (Å²) in [6, 6.07) is 0.796. The van der Waals surface area contributed by atoms with Crippen LogP contribution in [0.2, 0.25) is 0 Å². The zero-order chi connectivity index (χ0) is 10.7. The fraction of sp³-hybridized carbons (Fsp3) is 0.727. The molecule has 0 amide bonds. The zero-order valence-corrected chi connectivity index (χ0v) is 10.1. The van der Waals surface area contributed by atoms with E-state index >= 15 is 0 Å². The highest BCUT2D eigenvalue weighted by Crippen LogP contribution is 2.25. The summed E-state index contributed by atoms with van der Waals surface area (Å²) < 4.78 is 0. The van der Waals surface area contributed by atoms with E-state index in [2.05, 4.69) is 22.3 Å². The van der Waals surface area contributed by atoms with Crippen molar-refractivity contribution in [1.29, 1.82) is 0 Å². The number of hydrogen-bond donors (Lipinski definition) is 1. The molecule has 1 heterocycles. The van der Waals surface area contributed by atoms with E-state index in [0.717, 1.165) is 19.0 Å². The number of rotatable bonds is 5. The first kappa shape index (κ1) is 11.0. The highest BCUT2D eigenvalue weighted by Gasteiger charge is 2.22. The minimum atomic E-state index is 0.700. The quantitative estimate of drug-likeness (QED) is 0.828. The summed E-state index contributed by atoms with van der Waals surface area (Å²) in [5, 5.41) is 3.34. The van der Waals surface area contributed by atoms with Gasteiger partial charge in [0.05, 0.1) is 10.7 Å². The Hall–Kier alpha value is -0.450. The third-order valence-corrected chi connectivity index (χ3v) is 4.02. The lowest BCUT2D eigenvalue weighted by Gasteiger charge is -2.34. The van der Waals surface area contributed by atoms with E-state index < -0.39 is 0 Å². The van der Waals surface area contributed by atoms with Gasteiger partial charge >= 0.3 is 0 Å². The first-order valence-electron chi connectivity index (χ1n) is 5.63. The highest BCUT2D eigenvalue weighted by atomic mass is 32.1. The monoisotopic (exact) mass is 225 g/mol. The maximum absolute atomic E-state index is 5.51. The summed E-state index contributed by atoms with van der Waals surface area (Å²) in [6.07, 6.45) is 5.02. The number of nitrogens with zero attached hydrogens (tertiary/aromatic N) is 2. The van der Waals surface area contributed by atoms with Gasteiger partial charge in [-0.2, -0.15) is 0 Å². The van der Waals surface area contributed by atoms with Gasteiger partial charge in [-0.05, 0) is 26.4 Å². The van der Waals surface area contributed by atoms with Crippen molar-refractivity contribution in [2.45, 2.75) is 38.3 Å². The molecule has 84 valence electrons. The minimum absolute atomic E-state index is 0.700. The molecule has 1 saturated carbocycles. The molecule has 2 rings (SSSR count). The van der Waals surface area contributed by atoms with Crippen molar-refractivity contribution in [2.24, 2.45) is 5.73 Å². The van der Waals surface area contributed by atoms with Gasteiger partial charge in [0.2, 0.25) is 0 Å². The normalized spacial score (nSPS) is 17.0. The lowest BCUT2D eigenvalue weighted by molar-refractivity contribution is 0.151. The molecule has 0 unspecified atom stereocenters. The van der Waals surface area contributed by atoms with Crippen LogP contribution in [-0.4, -0.2) is 29.5 Å². The Balaban J connectivity index is 1.86. The van der Waals surface area contributed by atoms with Gasteiger partial charge in [0, 0.05) is 24.4 Å². The third kappa shape index (κ3) is 2.77. The smallest absolute Gasteiger partial charge is 0.0941 e. The van der Waals surface area contributed by atoms with Crippen LogP contribution in [0.4, 0.5) is 0 Å². The third-order valence-electron chi connectivity index (χ3n) is 3.07. The summed E-state index contributed by atoms with van der Waals surface area (Å²) in [7, 11) is 2.20. The Morgan fingerprint density at radius 3 is 3.00 bits per heavy atom. The number of thiazole rings is 1. The van der Waals surface area contributed by atoms with Gasteiger partial charge < -0.3 is 5.73 Å². The van der Waals surface area contributed by atoms with Crippen LogP contribution >= 0.6 is 11.3 Å².